The Hall–Kier alpha value is -1.46. The van der Waals surface area contributed by atoms with E-state index in [9.17, 15) is 5.11 Å². The third-order valence-electron chi connectivity index (χ3n) is 5.35. The van der Waals surface area contributed by atoms with Crippen molar-refractivity contribution in [3.8, 4) is 11.5 Å². The minimum absolute atomic E-state index is 0.117. The number of hydrogen-bond donors (Lipinski definition) is 1. The molecule has 0 amide bonds. The molecule has 1 fully saturated rings. The van der Waals surface area contributed by atoms with Crippen molar-refractivity contribution in [3.05, 3.63) is 58.1 Å². The lowest BCUT2D eigenvalue weighted by atomic mass is 9.87. The highest BCUT2D eigenvalue weighted by atomic mass is 35.5. The second kappa shape index (κ2) is 7.88. The van der Waals surface area contributed by atoms with Crippen molar-refractivity contribution in [2.24, 2.45) is 0 Å². The van der Waals surface area contributed by atoms with Crippen LogP contribution in [-0.2, 0) is 6.42 Å². The Labute approximate surface area is 169 Å². The Morgan fingerprint density at radius 2 is 1.78 bits per heavy atom. The maximum absolute atomic E-state index is 10.3. The molecule has 1 N–H and O–H groups in total. The molecular weight excluding hydrogens is 385 g/mol. The van der Waals surface area contributed by atoms with E-state index >= 15 is 0 Å². The first-order valence-corrected chi connectivity index (χ1v) is 10.0. The lowest BCUT2D eigenvalue weighted by Crippen LogP contribution is -2.49. The molecule has 6 heteroatoms. The van der Waals surface area contributed by atoms with Gasteiger partial charge in [-0.05, 0) is 48.0 Å². The van der Waals surface area contributed by atoms with Gasteiger partial charge in [-0.25, -0.2) is 0 Å². The number of benzene rings is 2. The third kappa shape index (κ3) is 4.52. The van der Waals surface area contributed by atoms with Crippen molar-refractivity contribution < 1.29 is 14.6 Å². The Bertz CT molecular complexity index is 789. The van der Waals surface area contributed by atoms with Crippen LogP contribution in [0.25, 0.3) is 0 Å². The van der Waals surface area contributed by atoms with Gasteiger partial charge in [0, 0.05) is 48.9 Å². The SMILES string of the molecule is O[C@H](COc1ccc(Cl)cc1)CN1CCC2(CC1)Cc1cc(Cl)ccc1O2. The summed E-state index contributed by atoms with van der Waals surface area (Å²) in [6.45, 7) is 2.67. The number of β-amino-alcohol motifs (C(OH)–C–C–N with tert-alkyl or cyclic N) is 1. The molecule has 144 valence electrons. The molecule has 0 aromatic heterocycles. The van der Waals surface area contributed by atoms with Gasteiger partial charge >= 0.3 is 0 Å². The van der Waals surface area contributed by atoms with Crippen molar-refractivity contribution in [2.75, 3.05) is 26.2 Å². The summed E-state index contributed by atoms with van der Waals surface area (Å²) in [6, 6.07) is 13.0. The quantitative estimate of drug-likeness (QED) is 0.805. The summed E-state index contributed by atoms with van der Waals surface area (Å²) < 4.78 is 11.9. The first kappa shape index (κ1) is 18.9. The summed E-state index contributed by atoms with van der Waals surface area (Å²) in [7, 11) is 0. The fraction of sp³-hybridized carbons (Fsp3) is 0.429. The van der Waals surface area contributed by atoms with Crippen LogP contribution in [0.5, 0.6) is 11.5 Å². The number of likely N-dealkylation sites (tertiary alicyclic amines) is 1. The van der Waals surface area contributed by atoms with Gasteiger partial charge < -0.3 is 19.5 Å². The lowest BCUT2D eigenvalue weighted by molar-refractivity contribution is -0.00195. The van der Waals surface area contributed by atoms with E-state index in [1.165, 1.54) is 5.56 Å². The van der Waals surface area contributed by atoms with Gasteiger partial charge in [0.2, 0.25) is 0 Å². The third-order valence-corrected chi connectivity index (χ3v) is 5.84. The average Bonchev–Trinajstić information content (AvgIpc) is 3.00. The summed E-state index contributed by atoms with van der Waals surface area (Å²) in [4.78, 5) is 2.28. The van der Waals surface area contributed by atoms with Crippen molar-refractivity contribution in [1.29, 1.82) is 0 Å². The Morgan fingerprint density at radius 3 is 2.52 bits per heavy atom. The van der Waals surface area contributed by atoms with E-state index in [1.807, 2.05) is 18.2 Å². The highest BCUT2D eigenvalue weighted by Gasteiger charge is 2.42. The zero-order valence-corrected chi connectivity index (χ0v) is 16.5. The highest BCUT2D eigenvalue weighted by Crippen LogP contribution is 2.41. The maximum atomic E-state index is 10.3. The van der Waals surface area contributed by atoms with E-state index in [2.05, 4.69) is 4.90 Å². The van der Waals surface area contributed by atoms with E-state index in [0.29, 0.717) is 17.3 Å². The second-order valence-corrected chi connectivity index (χ2v) is 8.31. The highest BCUT2D eigenvalue weighted by molar-refractivity contribution is 6.30. The number of ether oxygens (including phenoxy) is 2. The number of halogens is 2. The van der Waals surface area contributed by atoms with Gasteiger partial charge in [-0.1, -0.05) is 23.2 Å². The molecule has 4 nitrogen and oxygen atoms in total. The van der Waals surface area contributed by atoms with E-state index < -0.39 is 6.10 Å². The van der Waals surface area contributed by atoms with Crippen LogP contribution >= 0.6 is 23.2 Å². The van der Waals surface area contributed by atoms with Crippen molar-refractivity contribution in [2.45, 2.75) is 31.0 Å². The van der Waals surface area contributed by atoms with E-state index in [4.69, 9.17) is 32.7 Å². The molecule has 0 aliphatic carbocycles. The molecule has 2 aliphatic heterocycles. The zero-order chi connectivity index (χ0) is 18.9. The van der Waals surface area contributed by atoms with Crippen LogP contribution in [0.2, 0.25) is 10.0 Å². The molecule has 0 radical (unpaired) electrons. The first-order chi connectivity index (χ1) is 13.0. The molecule has 2 aromatic rings. The number of fused-ring (bicyclic) bond motifs is 1. The van der Waals surface area contributed by atoms with Gasteiger partial charge in [-0.2, -0.15) is 0 Å². The van der Waals surface area contributed by atoms with Crippen LogP contribution in [0.15, 0.2) is 42.5 Å². The van der Waals surface area contributed by atoms with Crippen molar-refractivity contribution >= 4 is 23.2 Å². The number of rotatable bonds is 5. The Balaban J connectivity index is 1.24. The van der Waals surface area contributed by atoms with Crippen LogP contribution in [0.3, 0.4) is 0 Å². The number of aliphatic hydroxyl groups excluding tert-OH is 1. The van der Waals surface area contributed by atoms with Crippen LogP contribution in [0.1, 0.15) is 18.4 Å². The fourth-order valence-corrected chi connectivity index (χ4v) is 4.22. The van der Waals surface area contributed by atoms with E-state index in [1.54, 1.807) is 24.3 Å². The van der Waals surface area contributed by atoms with Crippen LogP contribution in [-0.4, -0.2) is 48.0 Å². The number of aliphatic hydroxyl groups is 1. The number of piperidine rings is 1. The lowest BCUT2D eigenvalue weighted by Gasteiger charge is -2.39. The molecular formula is C21H23Cl2NO3. The molecule has 27 heavy (non-hydrogen) atoms. The summed E-state index contributed by atoms with van der Waals surface area (Å²) in [5.41, 5.74) is 1.08. The predicted octanol–water partition coefficient (Wildman–Crippen LogP) is 4.20. The normalized spacial score (nSPS) is 19.5. The van der Waals surface area contributed by atoms with Gasteiger partial charge in [0.05, 0.1) is 0 Å². The monoisotopic (exact) mass is 407 g/mol. The largest absolute Gasteiger partial charge is 0.491 e. The summed E-state index contributed by atoms with van der Waals surface area (Å²) >= 11 is 12.0. The Morgan fingerprint density at radius 1 is 1.07 bits per heavy atom. The molecule has 1 spiro atoms. The van der Waals surface area contributed by atoms with E-state index in [-0.39, 0.29) is 12.2 Å². The van der Waals surface area contributed by atoms with Crippen molar-refractivity contribution in [3.63, 3.8) is 0 Å². The van der Waals surface area contributed by atoms with Gasteiger partial charge in [0.25, 0.3) is 0 Å². The zero-order valence-electron chi connectivity index (χ0n) is 15.0. The van der Waals surface area contributed by atoms with E-state index in [0.717, 1.165) is 43.1 Å². The van der Waals surface area contributed by atoms with Crippen molar-refractivity contribution in [1.82, 2.24) is 4.90 Å². The molecule has 0 saturated carbocycles. The standard InChI is InChI=1S/C21H23Cl2NO3/c22-16-1-4-19(5-2-16)26-14-18(25)13-24-9-7-21(8-10-24)12-15-11-17(23)3-6-20(15)27-21/h1-6,11,18,25H,7-10,12-14H2/t18-/m0/s1. The first-order valence-electron chi connectivity index (χ1n) is 9.28. The number of nitrogens with zero attached hydrogens (tertiary/aromatic N) is 1. The maximum Gasteiger partial charge on any atom is 0.123 e. The van der Waals surface area contributed by atoms with Gasteiger partial charge in [0.1, 0.15) is 29.8 Å². The molecule has 0 unspecified atom stereocenters. The molecule has 4 rings (SSSR count). The fourth-order valence-electron chi connectivity index (χ4n) is 3.90. The smallest absolute Gasteiger partial charge is 0.123 e. The predicted molar refractivity (Wildman–Crippen MR) is 107 cm³/mol. The molecule has 0 bridgehead atoms. The average molecular weight is 408 g/mol. The topological polar surface area (TPSA) is 41.9 Å². The van der Waals surface area contributed by atoms with Crippen LogP contribution in [0, 0.1) is 0 Å². The molecule has 1 atom stereocenters. The van der Waals surface area contributed by atoms with Crippen LogP contribution < -0.4 is 9.47 Å². The van der Waals surface area contributed by atoms with Gasteiger partial charge in [-0.15, -0.1) is 0 Å². The molecule has 2 aliphatic rings. The summed E-state index contributed by atoms with van der Waals surface area (Å²) in [5, 5.41) is 11.7. The number of hydrogen-bond acceptors (Lipinski definition) is 4. The second-order valence-electron chi connectivity index (χ2n) is 7.43. The minimum atomic E-state index is -0.532. The Kier molecular flexibility index (Phi) is 5.51. The molecule has 1 saturated heterocycles. The summed E-state index contributed by atoms with van der Waals surface area (Å²) in [6.07, 6.45) is 2.28. The van der Waals surface area contributed by atoms with Gasteiger partial charge in [0.15, 0.2) is 0 Å². The molecule has 2 aromatic carbocycles. The molecule has 2 heterocycles. The van der Waals surface area contributed by atoms with Gasteiger partial charge in [-0.3, -0.25) is 0 Å². The van der Waals surface area contributed by atoms with Crippen LogP contribution in [0.4, 0.5) is 0 Å². The summed E-state index contributed by atoms with van der Waals surface area (Å²) in [5.74, 6) is 1.68. The minimum Gasteiger partial charge on any atom is -0.491 e.